The number of carbonyl (C=O) groups excluding carboxylic acids is 1. The first-order chi connectivity index (χ1) is 11.3. The van der Waals surface area contributed by atoms with E-state index in [-0.39, 0.29) is 5.91 Å². The van der Waals surface area contributed by atoms with E-state index in [9.17, 15) is 4.79 Å². The van der Waals surface area contributed by atoms with Gasteiger partial charge in [0.25, 0.3) is 0 Å². The van der Waals surface area contributed by atoms with Gasteiger partial charge in [0.15, 0.2) is 0 Å². The van der Waals surface area contributed by atoms with Gasteiger partial charge in [-0.1, -0.05) is 26.0 Å². The molecule has 2 aromatic rings. The van der Waals surface area contributed by atoms with Gasteiger partial charge in [-0.15, -0.1) is 0 Å². The maximum atomic E-state index is 11.5. The molecule has 130 valence electrons. The minimum Gasteiger partial charge on any atom is -0.473 e. The fourth-order valence-corrected chi connectivity index (χ4v) is 1.95. The molecule has 24 heavy (non-hydrogen) atoms. The number of benzene rings is 1. The van der Waals surface area contributed by atoms with Crippen molar-refractivity contribution in [2.75, 3.05) is 6.54 Å². The number of hydrogen-bond donors (Lipinski definition) is 3. The van der Waals surface area contributed by atoms with Crippen LogP contribution in [0.15, 0.2) is 30.6 Å². The number of fused-ring (bicyclic) bond motifs is 1. The molecule has 1 aromatic carbocycles. The molecule has 3 N–H and O–H groups in total. The Morgan fingerprint density at radius 1 is 1.17 bits per heavy atom. The molecule has 8 nitrogen and oxygen atoms in total. The van der Waals surface area contributed by atoms with E-state index in [1.807, 2.05) is 44.4 Å². The van der Waals surface area contributed by atoms with E-state index in [1.165, 1.54) is 0 Å². The molecule has 1 amide bonds. The lowest BCUT2D eigenvalue weighted by Gasteiger charge is -2.08. The van der Waals surface area contributed by atoms with Crippen molar-refractivity contribution >= 4 is 28.9 Å². The van der Waals surface area contributed by atoms with Crippen LogP contribution in [0.5, 0.6) is 0 Å². The maximum absolute atomic E-state index is 11.5. The number of para-hydroxylation sites is 2. The van der Waals surface area contributed by atoms with Crippen molar-refractivity contribution in [3.8, 4) is 0 Å². The number of nitrogens with one attached hydrogen (secondary N) is 1. The number of hydrogen-bond acceptors (Lipinski definition) is 4. The number of aromatic nitrogens is 2. The van der Waals surface area contributed by atoms with Gasteiger partial charge in [0, 0.05) is 19.5 Å². The Bertz CT molecular complexity index is 697. The quantitative estimate of drug-likeness (QED) is 0.709. The lowest BCUT2D eigenvalue weighted by molar-refractivity contribution is -0.159. The van der Waals surface area contributed by atoms with Crippen LogP contribution in [-0.4, -0.2) is 44.2 Å². The zero-order valence-corrected chi connectivity index (χ0v) is 13.6. The molecule has 0 saturated heterocycles. The van der Waals surface area contributed by atoms with Crippen LogP contribution in [0.25, 0.3) is 11.0 Å². The zero-order chi connectivity index (χ0) is 18.1. The van der Waals surface area contributed by atoms with Crippen LogP contribution in [-0.2, 0) is 20.9 Å². The van der Waals surface area contributed by atoms with E-state index in [2.05, 4.69) is 14.9 Å². The third-order valence-corrected chi connectivity index (χ3v) is 2.98. The molecule has 1 aromatic heterocycles. The van der Waals surface area contributed by atoms with Crippen LogP contribution < -0.4 is 5.32 Å². The summed E-state index contributed by atoms with van der Waals surface area (Å²) < 4.78 is 2.06. The lowest BCUT2D eigenvalue weighted by atomic mass is 10.1. The van der Waals surface area contributed by atoms with Gasteiger partial charge in [0.1, 0.15) is 0 Å². The molecular weight excluding hydrogens is 314 g/mol. The first kappa shape index (κ1) is 19.1. The monoisotopic (exact) mass is 335 g/mol. The SMILES string of the molecule is CC(C)CC(=O)NCCn1cnc2ccccc21.O=C(O)C(=O)O. The highest BCUT2D eigenvalue weighted by molar-refractivity contribution is 6.27. The van der Waals surface area contributed by atoms with E-state index in [1.54, 1.807) is 0 Å². The Kier molecular flexibility index (Phi) is 7.41. The molecule has 0 radical (unpaired) electrons. The van der Waals surface area contributed by atoms with E-state index in [4.69, 9.17) is 19.8 Å². The van der Waals surface area contributed by atoms with Crippen molar-refractivity contribution in [3.05, 3.63) is 30.6 Å². The van der Waals surface area contributed by atoms with E-state index in [0.29, 0.717) is 18.9 Å². The van der Waals surface area contributed by atoms with Crippen LogP contribution >= 0.6 is 0 Å². The summed E-state index contributed by atoms with van der Waals surface area (Å²) in [5.74, 6) is -3.13. The largest absolute Gasteiger partial charge is 0.473 e. The number of carboxylic acid groups (broad SMARTS) is 2. The predicted molar refractivity (Wildman–Crippen MR) is 87.5 cm³/mol. The molecule has 0 atom stereocenters. The number of nitrogens with zero attached hydrogens (tertiary/aromatic N) is 2. The van der Waals surface area contributed by atoms with Crippen LogP contribution in [0, 0.1) is 5.92 Å². The van der Waals surface area contributed by atoms with Gasteiger partial charge in [-0.05, 0) is 18.1 Å². The van der Waals surface area contributed by atoms with Gasteiger partial charge >= 0.3 is 11.9 Å². The van der Waals surface area contributed by atoms with Gasteiger partial charge in [-0.25, -0.2) is 14.6 Å². The van der Waals surface area contributed by atoms with Crippen molar-refractivity contribution in [1.29, 1.82) is 0 Å². The summed E-state index contributed by atoms with van der Waals surface area (Å²) in [4.78, 5) is 34.0. The molecule has 0 unspecified atom stereocenters. The van der Waals surface area contributed by atoms with E-state index >= 15 is 0 Å². The molecule has 0 bridgehead atoms. The summed E-state index contributed by atoms with van der Waals surface area (Å²) in [7, 11) is 0. The molecule has 0 fully saturated rings. The Morgan fingerprint density at radius 3 is 2.38 bits per heavy atom. The number of amides is 1. The van der Waals surface area contributed by atoms with Gasteiger partial charge < -0.3 is 20.1 Å². The zero-order valence-electron chi connectivity index (χ0n) is 13.6. The van der Waals surface area contributed by atoms with Crippen LogP contribution in [0.4, 0.5) is 0 Å². The summed E-state index contributed by atoms with van der Waals surface area (Å²) >= 11 is 0. The molecule has 0 spiro atoms. The van der Waals surface area contributed by atoms with Gasteiger partial charge in [-0.3, -0.25) is 4.79 Å². The van der Waals surface area contributed by atoms with Crippen molar-refractivity contribution in [3.63, 3.8) is 0 Å². The molecule has 0 aliphatic carbocycles. The fourth-order valence-electron chi connectivity index (χ4n) is 1.95. The van der Waals surface area contributed by atoms with Crippen LogP contribution in [0.2, 0.25) is 0 Å². The number of rotatable bonds is 5. The highest BCUT2D eigenvalue weighted by Gasteiger charge is 2.05. The third-order valence-electron chi connectivity index (χ3n) is 2.98. The second-order valence-corrected chi connectivity index (χ2v) is 5.48. The third kappa shape index (κ3) is 6.47. The van der Waals surface area contributed by atoms with Crippen molar-refractivity contribution in [1.82, 2.24) is 14.9 Å². The molecule has 8 heteroatoms. The molecule has 2 rings (SSSR count). The summed E-state index contributed by atoms with van der Waals surface area (Å²) in [5.41, 5.74) is 2.10. The van der Waals surface area contributed by atoms with E-state index < -0.39 is 11.9 Å². The number of aliphatic carboxylic acids is 2. The topological polar surface area (TPSA) is 122 Å². The Morgan fingerprint density at radius 2 is 1.79 bits per heavy atom. The van der Waals surface area contributed by atoms with Crippen molar-refractivity contribution in [2.24, 2.45) is 5.92 Å². The average Bonchev–Trinajstić information content (AvgIpc) is 2.90. The van der Waals surface area contributed by atoms with Gasteiger partial charge in [0.05, 0.1) is 17.4 Å². The molecular formula is C16H21N3O5. The number of carbonyl (C=O) groups is 3. The minimum absolute atomic E-state index is 0.120. The van der Waals surface area contributed by atoms with Crippen LogP contribution in [0.1, 0.15) is 20.3 Å². The number of carboxylic acids is 2. The molecule has 0 saturated carbocycles. The maximum Gasteiger partial charge on any atom is 0.414 e. The highest BCUT2D eigenvalue weighted by Crippen LogP contribution is 2.11. The van der Waals surface area contributed by atoms with E-state index in [0.717, 1.165) is 17.6 Å². The predicted octanol–water partition coefficient (Wildman–Crippen LogP) is 1.35. The number of imidazole rings is 1. The Labute approximate surface area is 139 Å². The fraction of sp³-hybridized carbons (Fsp3) is 0.375. The van der Waals surface area contributed by atoms with Gasteiger partial charge in [0.2, 0.25) is 5.91 Å². The Hall–Kier alpha value is -2.90. The molecule has 1 heterocycles. The van der Waals surface area contributed by atoms with Crippen molar-refractivity contribution in [2.45, 2.75) is 26.8 Å². The summed E-state index contributed by atoms with van der Waals surface area (Å²) in [6.45, 7) is 5.49. The standard InChI is InChI=1S/C14H19N3O.C2H2O4/c1-11(2)9-14(18)15-7-8-17-10-16-12-5-3-4-6-13(12)17;3-1(4)2(5)6/h3-6,10-11H,7-9H2,1-2H3,(H,15,18);(H,3,4)(H,5,6). The highest BCUT2D eigenvalue weighted by atomic mass is 16.4. The first-order valence-electron chi connectivity index (χ1n) is 7.44. The molecule has 0 aliphatic rings. The summed E-state index contributed by atoms with van der Waals surface area (Å²) in [6, 6.07) is 8.00. The lowest BCUT2D eigenvalue weighted by Crippen LogP contribution is -2.27. The first-order valence-corrected chi connectivity index (χ1v) is 7.44. The second kappa shape index (κ2) is 9.29. The average molecular weight is 335 g/mol. The smallest absolute Gasteiger partial charge is 0.414 e. The molecule has 0 aliphatic heterocycles. The summed E-state index contributed by atoms with van der Waals surface area (Å²) in [6.07, 6.45) is 2.41. The normalized spacial score (nSPS) is 10.1. The van der Waals surface area contributed by atoms with Crippen LogP contribution in [0.3, 0.4) is 0 Å². The Balaban J connectivity index is 0.000000413. The summed E-state index contributed by atoms with van der Waals surface area (Å²) in [5, 5.41) is 17.7. The second-order valence-electron chi connectivity index (χ2n) is 5.48. The minimum atomic E-state index is -1.82. The van der Waals surface area contributed by atoms with Gasteiger partial charge in [-0.2, -0.15) is 0 Å². The van der Waals surface area contributed by atoms with Crippen molar-refractivity contribution < 1.29 is 24.6 Å².